The van der Waals surface area contributed by atoms with Crippen LogP contribution in [0.15, 0.2) is 27.6 Å². The van der Waals surface area contributed by atoms with E-state index in [9.17, 15) is 4.79 Å². The topological polar surface area (TPSA) is 64.1 Å². The molecule has 2 bridgehead atoms. The fourth-order valence-corrected chi connectivity index (χ4v) is 5.49. The Labute approximate surface area is 165 Å². The van der Waals surface area contributed by atoms with Gasteiger partial charge < -0.3 is 10.1 Å². The van der Waals surface area contributed by atoms with E-state index < -0.39 is 0 Å². The molecule has 1 N–H and O–H groups in total. The largest absolute Gasteiger partial charge is 0.466 e. The van der Waals surface area contributed by atoms with Crippen molar-refractivity contribution < 1.29 is 9.53 Å². The second-order valence-corrected chi connectivity index (χ2v) is 8.53. The highest BCUT2D eigenvalue weighted by atomic mass is 79.9. The van der Waals surface area contributed by atoms with Crippen molar-refractivity contribution >= 4 is 39.1 Å². The highest BCUT2D eigenvalue weighted by Gasteiger charge is 2.48. The maximum absolute atomic E-state index is 12.6. The molecule has 0 spiro atoms. The first-order valence-electron chi connectivity index (χ1n) is 9.16. The Morgan fingerprint density at radius 3 is 2.77 bits per heavy atom. The first-order valence-corrected chi connectivity index (χ1v) is 10.9. The fourth-order valence-electron chi connectivity index (χ4n) is 4.46. The lowest BCUT2D eigenvalue weighted by molar-refractivity contribution is -0.154. The Bertz CT molecular complexity index is 775. The molecule has 0 unspecified atom stereocenters. The Morgan fingerprint density at radius 2 is 2.08 bits per heavy atom. The van der Waals surface area contributed by atoms with Crippen LogP contribution in [0, 0.1) is 17.8 Å². The van der Waals surface area contributed by atoms with E-state index in [0.29, 0.717) is 23.2 Å². The van der Waals surface area contributed by atoms with Gasteiger partial charge in [-0.15, -0.1) is 0 Å². The summed E-state index contributed by atoms with van der Waals surface area (Å²) in [5.74, 6) is 1.53. The van der Waals surface area contributed by atoms with Crippen LogP contribution in [0.3, 0.4) is 0 Å². The van der Waals surface area contributed by atoms with E-state index in [4.69, 9.17) is 4.74 Å². The van der Waals surface area contributed by atoms with Gasteiger partial charge in [0.1, 0.15) is 5.82 Å². The lowest BCUT2D eigenvalue weighted by Crippen LogP contribution is -2.52. The summed E-state index contributed by atoms with van der Waals surface area (Å²) in [7, 11) is 0. The van der Waals surface area contributed by atoms with Crippen molar-refractivity contribution in [3.8, 4) is 11.3 Å². The predicted molar refractivity (Wildman–Crippen MR) is 106 cm³/mol. The van der Waals surface area contributed by atoms with E-state index >= 15 is 0 Å². The molecule has 7 heteroatoms. The molecule has 2 aromatic rings. The number of hydrogen-bond acceptors (Lipinski definition) is 6. The van der Waals surface area contributed by atoms with Crippen LogP contribution in [0.5, 0.6) is 0 Å². The van der Waals surface area contributed by atoms with Crippen molar-refractivity contribution in [2.75, 3.05) is 11.9 Å². The molecule has 2 atom stereocenters. The third kappa shape index (κ3) is 3.51. The van der Waals surface area contributed by atoms with Crippen LogP contribution in [0.2, 0.25) is 0 Å². The minimum Gasteiger partial charge on any atom is -0.466 e. The highest BCUT2D eigenvalue weighted by molar-refractivity contribution is 9.10. The summed E-state index contributed by atoms with van der Waals surface area (Å²) >= 11 is 5.07. The van der Waals surface area contributed by atoms with Crippen LogP contribution in [0.25, 0.3) is 11.3 Å². The first kappa shape index (κ1) is 17.9. The zero-order valence-corrected chi connectivity index (χ0v) is 17.1. The van der Waals surface area contributed by atoms with Crippen molar-refractivity contribution in [2.45, 2.75) is 38.6 Å². The van der Waals surface area contributed by atoms with Crippen LogP contribution >= 0.6 is 27.3 Å². The van der Waals surface area contributed by atoms with Gasteiger partial charge in [0.2, 0.25) is 0 Å². The third-order valence-electron chi connectivity index (χ3n) is 5.61. The van der Waals surface area contributed by atoms with Gasteiger partial charge in [0, 0.05) is 23.1 Å². The molecule has 0 radical (unpaired) electrons. The van der Waals surface area contributed by atoms with Gasteiger partial charge in [0.05, 0.1) is 18.2 Å². The van der Waals surface area contributed by atoms with Crippen molar-refractivity contribution in [3.05, 3.63) is 27.6 Å². The van der Waals surface area contributed by atoms with Crippen LogP contribution in [-0.4, -0.2) is 28.6 Å². The summed E-state index contributed by atoms with van der Waals surface area (Å²) in [6, 6.07) is 4.10. The number of rotatable bonds is 5. The molecule has 3 aliphatic rings. The molecule has 3 aliphatic carbocycles. The summed E-state index contributed by atoms with van der Waals surface area (Å²) in [6.07, 6.45) is 4.59. The summed E-state index contributed by atoms with van der Waals surface area (Å²) in [5.41, 5.74) is 1.96. The molecule has 138 valence electrons. The molecule has 5 nitrogen and oxygen atoms in total. The van der Waals surface area contributed by atoms with Gasteiger partial charge in [-0.25, -0.2) is 9.97 Å². The number of carbonyl (C=O) groups excluding carboxylic acids is 1. The second kappa shape index (κ2) is 7.64. The number of nitrogens with zero attached hydrogens (tertiary/aromatic N) is 2. The standard InChI is InChI=1S/C19H22BrN3O2S/c1-2-25-18(24)16-11-3-5-12(6-4-11)17(16)22-15-9-14(21-19(20)23-15)13-7-8-26-10-13/h7-12,16-17H,2-6H2,1H3,(H,21,22,23)/t11?,12?,16-,17-/m0/s1. The highest BCUT2D eigenvalue weighted by Crippen LogP contribution is 2.46. The number of esters is 1. The molecule has 3 saturated carbocycles. The van der Waals surface area contributed by atoms with Gasteiger partial charge in [0.25, 0.3) is 0 Å². The number of thiophene rings is 1. The molecule has 3 fully saturated rings. The van der Waals surface area contributed by atoms with Gasteiger partial charge >= 0.3 is 5.97 Å². The minimum absolute atomic E-state index is 0.0643. The van der Waals surface area contributed by atoms with Crippen molar-refractivity contribution in [3.63, 3.8) is 0 Å². The van der Waals surface area contributed by atoms with Crippen LogP contribution in [0.1, 0.15) is 32.6 Å². The monoisotopic (exact) mass is 435 g/mol. The van der Waals surface area contributed by atoms with E-state index in [-0.39, 0.29) is 17.9 Å². The number of nitrogens with one attached hydrogen (secondary N) is 1. The van der Waals surface area contributed by atoms with Crippen LogP contribution < -0.4 is 5.32 Å². The number of aromatic nitrogens is 2. The molecular formula is C19H22BrN3O2S. The number of anilines is 1. The lowest BCUT2D eigenvalue weighted by Gasteiger charge is -2.47. The molecule has 0 aromatic carbocycles. The van der Waals surface area contributed by atoms with Crippen molar-refractivity contribution in [1.82, 2.24) is 9.97 Å². The average molecular weight is 436 g/mol. The molecule has 26 heavy (non-hydrogen) atoms. The summed E-state index contributed by atoms with van der Waals surface area (Å²) < 4.78 is 5.94. The summed E-state index contributed by atoms with van der Waals surface area (Å²) in [4.78, 5) is 21.6. The number of fused-ring (bicyclic) bond motifs is 3. The number of hydrogen-bond donors (Lipinski definition) is 1. The normalized spacial score (nSPS) is 27.3. The molecule has 2 heterocycles. The molecule has 0 amide bonds. The van der Waals surface area contributed by atoms with E-state index in [2.05, 4.69) is 36.6 Å². The maximum atomic E-state index is 12.6. The van der Waals surface area contributed by atoms with E-state index in [1.807, 2.05) is 24.4 Å². The fraction of sp³-hybridized carbons (Fsp3) is 0.526. The summed E-state index contributed by atoms with van der Waals surface area (Å²) in [6.45, 7) is 2.30. The first-order chi connectivity index (χ1) is 12.7. The Balaban J connectivity index is 1.61. The smallest absolute Gasteiger partial charge is 0.311 e. The lowest BCUT2D eigenvalue weighted by atomic mass is 9.61. The molecule has 0 saturated heterocycles. The van der Waals surface area contributed by atoms with Gasteiger partial charge in [-0.1, -0.05) is 0 Å². The third-order valence-corrected chi connectivity index (χ3v) is 6.65. The summed E-state index contributed by atoms with van der Waals surface area (Å²) in [5, 5.41) is 7.68. The molecule has 5 rings (SSSR count). The van der Waals surface area contributed by atoms with Crippen LogP contribution in [0.4, 0.5) is 5.82 Å². The van der Waals surface area contributed by atoms with E-state index in [1.165, 1.54) is 12.8 Å². The second-order valence-electron chi connectivity index (χ2n) is 7.04. The van der Waals surface area contributed by atoms with E-state index in [0.717, 1.165) is 29.9 Å². The molecule has 0 aliphatic heterocycles. The van der Waals surface area contributed by atoms with Gasteiger partial charge in [-0.3, -0.25) is 4.79 Å². The van der Waals surface area contributed by atoms with Crippen LogP contribution in [-0.2, 0) is 9.53 Å². The zero-order chi connectivity index (χ0) is 18.1. The Kier molecular flexibility index (Phi) is 5.27. The predicted octanol–water partition coefficient (Wildman–Crippen LogP) is 4.75. The Hall–Kier alpha value is -1.47. The van der Waals surface area contributed by atoms with Gasteiger partial charge in [-0.05, 0) is 71.8 Å². The van der Waals surface area contributed by atoms with Gasteiger partial charge in [-0.2, -0.15) is 11.3 Å². The Morgan fingerprint density at radius 1 is 1.31 bits per heavy atom. The van der Waals surface area contributed by atoms with E-state index in [1.54, 1.807) is 11.3 Å². The average Bonchev–Trinajstić information content (AvgIpc) is 3.17. The number of carbonyl (C=O) groups is 1. The maximum Gasteiger partial charge on any atom is 0.311 e. The van der Waals surface area contributed by atoms with Crippen molar-refractivity contribution in [1.29, 1.82) is 0 Å². The zero-order valence-electron chi connectivity index (χ0n) is 14.7. The number of halogens is 1. The van der Waals surface area contributed by atoms with Crippen molar-refractivity contribution in [2.24, 2.45) is 17.8 Å². The molecular weight excluding hydrogens is 414 g/mol. The quantitative estimate of drug-likeness (QED) is 0.542. The SMILES string of the molecule is CCOC(=O)[C@H]1C2CCC(CC2)[C@@H]1Nc1cc(-c2ccsc2)nc(Br)n1. The minimum atomic E-state index is -0.0826. The van der Waals surface area contributed by atoms with Gasteiger partial charge in [0.15, 0.2) is 4.73 Å². The molecule has 2 aromatic heterocycles. The number of ether oxygens (including phenoxy) is 1.